The Morgan fingerprint density at radius 3 is 1.65 bits per heavy atom. The molecule has 0 aliphatic heterocycles. The molecule has 0 spiro atoms. The molecule has 0 aliphatic carbocycles. The van der Waals surface area contributed by atoms with Gasteiger partial charge in [0.1, 0.15) is 0 Å². The van der Waals surface area contributed by atoms with Crippen LogP contribution in [0.25, 0.3) is 0 Å². The van der Waals surface area contributed by atoms with Gasteiger partial charge in [0.25, 0.3) is 0 Å². The summed E-state index contributed by atoms with van der Waals surface area (Å²) in [7, 11) is 0. The lowest BCUT2D eigenvalue weighted by atomic mass is 9.96. The molecule has 0 fully saturated rings. The van der Waals surface area contributed by atoms with Crippen LogP contribution < -0.4 is 0 Å². The molecule has 0 rings (SSSR count). The highest BCUT2D eigenvalue weighted by Gasteiger charge is 2.02. The number of allylic oxidation sites excluding steroid dienone is 1. The van der Waals surface area contributed by atoms with Gasteiger partial charge in [0.05, 0.1) is 0 Å². The van der Waals surface area contributed by atoms with Gasteiger partial charge in [-0.3, -0.25) is 0 Å². The van der Waals surface area contributed by atoms with Gasteiger partial charge in [0.15, 0.2) is 0 Å². The third-order valence-corrected chi connectivity index (χ3v) is 4.41. The monoisotopic (exact) mass is 280 g/mol. The average molecular weight is 281 g/mol. The van der Waals surface area contributed by atoms with E-state index >= 15 is 0 Å². The Hall–Kier alpha value is -0.260. The predicted octanol–water partition coefficient (Wildman–Crippen LogP) is 7.68. The van der Waals surface area contributed by atoms with Crippen LogP contribution in [-0.2, 0) is 0 Å². The van der Waals surface area contributed by atoms with Crippen LogP contribution in [0, 0.1) is 5.92 Å². The lowest BCUT2D eigenvalue weighted by molar-refractivity contribution is 0.431. The van der Waals surface area contributed by atoms with Gasteiger partial charge < -0.3 is 0 Å². The molecule has 0 radical (unpaired) electrons. The van der Waals surface area contributed by atoms with E-state index in [0.29, 0.717) is 0 Å². The molecule has 0 aromatic rings. The van der Waals surface area contributed by atoms with E-state index in [1.165, 1.54) is 96.3 Å². The zero-order chi connectivity index (χ0) is 14.9. The minimum atomic E-state index is 0.957. The standard InChI is InChI=1S/C20H40/c1-4-6-8-10-12-14-16-18-20(3)19-17-15-13-11-9-7-5-2/h4,20H,1,5-19H2,2-3H3. The maximum Gasteiger partial charge on any atom is -0.0353 e. The first-order chi connectivity index (χ1) is 9.81. The van der Waals surface area contributed by atoms with Crippen molar-refractivity contribution in [3.8, 4) is 0 Å². The second-order valence-electron chi connectivity index (χ2n) is 6.65. The number of unbranched alkanes of at least 4 members (excludes halogenated alkanes) is 11. The highest BCUT2D eigenvalue weighted by atomic mass is 14.1. The second-order valence-corrected chi connectivity index (χ2v) is 6.65. The highest BCUT2D eigenvalue weighted by Crippen LogP contribution is 2.18. The Morgan fingerprint density at radius 1 is 0.700 bits per heavy atom. The summed E-state index contributed by atoms with van der Waals surface area (Å²) in [5.74, 6) is 0.957. The molecular weight excluding hydrogens is 240 g/mol. The molecule has 0 saturated carbocycles. The maximum absolute atomic E-state index is 3.77. The van der Waals surface area contributed by atoms with E-state index in [-0.39, 0.29) is 0 Å². The van der Waals surface area contributed by atoms with E-state index in [0.717, 1.165) is 5.92 Å². The van der Waals surface area contributed by atoms with Gasteiger partial charge in [-0.2, -0.15) is 0 Å². The van der Waals surface area contributed by atoms with E-state index in [4.69, 9.17) is 0 Å². The molecule has 20 heavy (non-hydrogen) atoms. The molecule has 0 nitrogen and oxygen atoms in total. The predicted molar refractivity (Wildman–Crippen MR) is 94.3 cm³/mol. The van der Waals surface area contributed by atoms with Crippen molar-refractivity contribution >= 4 is 0 Å². The summed E-state index contributed by atoms with van der Waals surface area (Å²) in [6.45, 7) is 8.52. The topological polar surface area (TPSA) is 0 Å². The molecule has 1 unspecified atom stereocenters. The molecule has 0 heterocycles. The van der Waals surface area contributed by atoms with Crippen molar-refractivity contribution in [1.82, 2.24) is 0 Å². The molecule has 1 atom stereocenters. The summed E-state index contributed by atoms with van der Waals surface area (Å²) in [5, 5.41) is 0. The molecule has 0 amide bonds. The Kier molecular flexibility index (Phi) is 16.6. The molecule has 0 aromatic carbocycles. The average Bonchev–Trinajstić information content (AvgIpc) is 2.45. The molecular formula is C20H40. The summed E-state index contributed by atoms with van der Waals surface area (Å²) < 4.78 is 0. The SMILES string of the molecule is C=CCCCCCCCC(C)CCCCCCCCC. The quantitative estimate of drug-likeness (QED) is 0.201. The molecule has 0 N–H and O–H groups in total. The fourth-order valence-corrected chi connectivity index (χ4v) is 2.91. The largest absolute Gasteiger partial charge is 0.103 e. The van der Waals surface area contributed by atoms with Crippen molar-refractivity contribution in [1.29, 1.82) is 0 Å². The number of hydrogen-bond donors (Lipinski definition) is 0. The van der Waals surface area contributed by atoms with Gasteiger partial charge in [-0.05, 0) is 18.8 Å². The Balaban J connectivity index is 3.12. The first kappa shape index (κ1) is 19.7. The Morgan fingerprint density at radius 2 is 1.15 bits per heavy atom. The second kappa shape index (κ2) is 16.8. The van der Waals surface area contributed by atoms with Crippen LogP contribution in [0.3, 0.4) is 0 Å². The Bertz CT molecular complexity index is 182. The van der Waals surface area contributed by atoms with Crippen molar-refractivity contribution in [3.05, 3.63) is 12.7 Å². The van der Waals surface area contributed by atoms with Gasteiger partial charge in [0.2, 0.25) is 0 Å². The molecule has 0 saturated heterocycles. The van der Waals surface area contributed by atoms with Crippen LogP contribution >= 0.6 is 0 Å². The van der Waals surface area contributed by atoms with E-state index in [1.807, 2.05) is 6.08 Å². The van der Waals surface area contributed by atoms with Crippen molar-refractivity contribution < 1.29 is 0 Å². The smallest absolute Gasteiger partial charge is 0.0353 e. The Labute approximate surface area is 129 Å². The zero-order valence-electron chi connectivity index (χ0n) is 14.5. The van der Waals surface area contributed by atoms with Crippen molar-refractivity contribution in [2.45, 2.75) is 110 Å². The molecule has 0 aliphatic rings. The molecule has 0 heteroatoms. The van der Waals surface area contributed by atoms with Gasteiger partial charge in [-0.15, -0.1) is 6.58 Å². The van der Waals surface area contributed by atoms with Gasteiger partial charge in [0, 0.05) is 0 Å². The lowest BCUT2D eigenvalue weighted by Crippen LogP contribution is -1.95. The maximum atomic E-state index is 3.77. The number of rotatable bonds is 16. The van der Waals surface area contributed by atoms with E-state index in [9.17, 15) is 0 Å². The first-order valence-corrected chi connectivity index (χ1v) is 9.42. The van der Waals surface area contributed by atoms with Gasteiger partial charge in [-0.25, -0.2) is 0 Å². The fraction of sp³-hybridized carbons (Fsp3) is 0.900. The minimum Gasteiger partial charge on any atom is -0.103 e. The summed E-state index contributed by atoms with van der Waals surface area (Å²) in [4.78, 5) is 0. The summed E-state index contributed by atoms with van der Waals surface area (Å²) in [6.07, 6.45) is 23.4. The van der Waals surface area contributed by atoms with Crippen LogP contribution in [0.2, 0.25) is 0 Å². The fourth-order valence-electron chi connectivity index (χ4n) is 2.91. The van der Waals surface area contributed by atoms with Gasteiger partial charge in [-0.1, -0.05) is 103 Å². The molecule has 0 bridgehead atoms. The normalized spacial score (nSPS) is 12.5. The zero-order valence-corrected chi connectivity index (χ0v) is 14.5. The third kappa shape index (κ3) is 15.8. The van der Waals surface area contributed by atoms with Crippen LogP contribution in [-0.4, -0.2) is 0 Å². The number of hydrogen-bond acceptors (Lipinski definition) is 0. The first-order valence-electron chi connectivity index (χ1n) is 9.42. The van der Waals surface area contributed by atoms with Crippen LogP contribution in [0.15, 0.2) is 12.7 Å². The summed E-state index contributed by atoms with van der Waals surface area (Å²) >= 11 is 0. The van der Waals surface area contributed by atoms with Crippen molar-refractivity contribution in [2.75, 3.05) is 0 Å². The molecule has 0 aromatic heterocycles. The van der Waals surface area contributed by atoms with Crippen LogP contribution in [0.5, 0.6) is 0 Å². The van der Waals surface area contributed by atoms with Gasteiger partial charge >= 0.3 is 0 Å². The molecule has 120 valence electrons. The minimum absolute atomic E-state index is 0.957. The summed E-state index contributed by atoms with van der Waals surface area (Å²) in [5.41, 5.74) is 0. The highest BCUT2D eigenvalue weighted by molar-refractivity contribution is 4.65. The lowest BCUT2D eigenvalue weighted by Gasteiger charge is -2.11. The van der Waals surface area contributed by atoms with E-state index in [1.54, 1.807) is 0 Å². The van der Waals surface area contributed by atoms with Crippen molar-refractivity contribution in [3.63, 3.8) is 0 Å². The van der Waals surface area contributed by atoms with Crippen LogP contribution in [0.1, 0.15) is 110 Å². The summed E-state index contributed by atoms with van der Waals surface area (Å²) in [6, 6.07) is 0. The van der Waals surface area contributed by atoms with Crippen LogP contribution in [0.4, 0.5) is 0 Å². The van der Waals surface area contributed by atoms with E-state index < -0.39 is 0 Å². The van der Waals surface area contributed by atoms with E-state index in [2.05, 4.69) is 20.4 Å². The van der Waals surface area contributed by atoms with Crippen molar-refractivity contribution in [2.24, 2.45) is 5.92 Å². The third-order valence-electron chi connectivity index (χ3n) is 4.41.